The van der Waals surface area contributed by atoms with Crippen LogP contribution < -0.4 is 9.80 Å². The molecule has 0 aliphatic carbocycles. The highest BCUT2D eigenvalue weighted by Crippen LogP contribution is 2.28. The Morgan fingerprint density at radius 3 is 2.58 bits per heavy atom. The number of hydrogen-bond acceptors (Lipinski definition) is 7. The number of aryl methyl sites for hydroxylation is 1. The van der Waals surface area contributed by atoms with Gasteiger partial charge in [0.15, 0.2) is 0 Å². The van der Waals surface area contributed by atoms with E-state index in [4.69, 9.17) is 9.47 Å². The minimum absolute atomic E-state index is 0.121. The maximum Gasteiger partial charge on any atom is 0.410 e. The Bertz CT molecular complexity index is 1320. The van der Waals surface area contributed by atoms with Crippen molar-refractivity contribution in [1.29, 1.82) is 0 Å². The maximum absolute atomic E-state index is 13.5. The number of hydrogen-bond donors (Lipinski definition) is 0. The molecule has 2 amide bonds. The zero-order chi connectivity index (χ0) is 28.9. The second-order valence-electron chi connectivity index (χ2n) is 11.1. The van der Waals surface area contributed by atoms with E-state index in [-0.39, 0.29) is 18.1 Å². The van der Waals surface area contributed by atoms with E-state index in [2.05, 4.69) is 9.97 Å². The normalized spacial score (nSPS) is 14.4. The molecule has 1 atom stereocenters. The third-order valence-corrected chi connectivity index (χ3v) is 6.66. The quantitative estimate of drug-likeness (QED) is 0.375. The van der Waals surface area contributed by atoms with E-state index in [9.17, 15) is 9.59 Å². The molecule has 3 aromatic rings. The largest absolute Gasteiger partial charge is 0.444 e. The van der Waals surface area contributed by atoms with E-state index in [0.29, 0.717) is 49.9 Å². The van der Waals surface area contributed by atoms with E-state index in [0.717, 1.165) is 16.8 Å². The molecular formula is C31H39N5O4. The molecule has 9 heteroatoms. The van der Waals surface area contributed by atoms with Gasteiger partial charge in [0.1, 0.15) is 22.8 Å². The first-order valence-electron chi connectivity index (χ1n) is 13.6. The van der Waals surface area contributed by atoms with Crippen LogP contribution in [0.25, 0.3) is 0 Å². The summed E-state index contributed by atoms with van der Waals surface area (Å²) in [5.74, 6) is 1.17. The Morgan fingerprint density at radius 1 is 1.10 bits per heavy atom. The molecule has 0 saturated carbocycles. The minimum atomic E-state index is -0.552. The highest BCUT2D eigenvalue weighted by atomic mass is 16.6. The molecule has 4 rings (SSSR count). The Hall–Kier alpha value is -3.98. The number of carbonyl (C=O) groups excluding carboxylic acids is 2. The van der Waals surface area contributed by atoms with Crippen molar-refractivity contribution < 1.29 is 19.1 Å². The lowest BCUT2D eigenvalue weighted by Gasteiger charge is -2.26. The van der Waals surface area contributed by atoms with Crippen LogP contribution in [0.2, 0.25) is 0 Å². The van der Waals surface area contributed by atoms with Crippen molar-refractivity contribution in [1.82, 2.24) is 14.9 Å². The number of benzene rings is 2. The number of likely N-dealkylation sites (N-methyl/N-ethyl adjacent to an activating group) is 1. The highest BCUT2D eigenvalue weighted by Gasteiger charge is 2.28. The Kier molecular flexibility index (Phi) is 9.04. The number of ether oxygens (including phenoxy) is 2. The summed E-state index contributed by atoms with van der Waals surface area (Å²) in [5, 5.41) is 0. The Labute approximate surface area is 236 Å². The van der Waals surface area contributed by atoms with Crippen LogP contribution in [0.5, 0.6) is 0 Å². The fourth-order valence-corrected chi connectivity index (χ4v) is 4.52. The van der Waals surface area contributed by atoms with E-state index in [1.165, 1.54) is 0 Å². The summed E-state index contributed by atoms with van der Waals surface area (Å²) in [6, 6.07) is 17.9. The fraction of sp³-hybridized carbons (Fsp3) is 0.419. The molecular weight excluding hydrogens is 506 g/mol. The summed E-state index contributed by atoms with van der Waals surface area (Å²) in [7, 11) is 3.68. The van der Waals surface area contributed by atoms with Crippen LogP contribution in [0.1, 0.15) is 60.6 Å². The number of carbonyl (C=O) groups is 2. The van der Waals surface area contributed by atoms with Crippen LogP contribution in [0.15, 0.2) is 60.8 Å². The van der Waals surface area contributed by atoms with Gasteiger partial charge in [-0.1, -0.05) is 42.5 Å². The number of aromatic nitrogens is 2. The van der Waals surface area contributed by atoms with Gasteiger partial charge >= 0.3 is 6.09 Å². The summed E-state index contributed by atoms with van der Waals surface area (Å²) >= 11 is 0. The first-order chi connectivity index (χ1) is 19.0. The number of amides is 2. The predicted molar refractivity (Wildman–Crippen MR) is 156 cm³/mol. The van der Waals surface area contributed by atoms with Crippen molar-refractivity contribution >= 4 is 23.5 Å². The molecule has 1 aliphatic rings. The molecule has 0 saturated heterocycles. The van der Waals surface area contributed by atoms with Gasteiger partial charge in [-0.15, -0.1) is 0 Å². The molecule has 40 heavy (non-hydrogen) atoms. The predicted octanol–water partition coefficient (Wildman–Crippen LogP) is 5.40. The summed E-state index contributed by atoms with van der Waals surface area (Å²) in [4.78, 5) is 40.1. The van der Waals surface area contributed by atoms with E-state index < -0.39 is 5.60 Å². The van der Waals surface area contributed by atoms with Gasteiger partial charge in [-0.2, -0.15) is 0 Å². The first-order valence-corrected chi connectivity index (χ1v) is 13.6. The fourth-order valence-electron chi connectivity index (χ4n) is 4.52. The van der Waals surface area contributed by atoms with Crippen molar-refractivity contribution in [3.05, 3.63) is 83.3 Å². The van der Waals surface area contributed by atoms with Crippen LogP contribution in [-0.4, -0.2) is 66.2 Å². The Morgan fingerprint density at radius 2 is 1.85 bits per heavy atom. The minimum Gasteiger partial charge on any atom is -0.444 e. The van der Waals surface area contributed by atoms with Gasteiger partial charge in [0.25, 0.3) is 5.91 Å². The number of anilines is 2. The first kappa shape index (κ1) is 29.0. The number of rotatable bonds is 8. The summed E-state index contributed by atoms with van der Waals surface area (Å²) in [5.41, 5.74) is 2.72. The number of fused-ring (bicyclic) bond motifs is 1. The van der Waals surface area contributed by atoms with Crippen LogP contribution >= 0.6 is 0 Å². The van der Waals surface area contributed by atoms with Gasteiger partial charge in [-0.25, -0.2) is 14.8 Å². The molecule has 1 aromatic heterocycles. The lowest BCUT2D eigenvalue weighted by molar-refractivity contribution is 0.0137. The zero-order valence-electron chi connectivity index (χ0n) is 24.3. The third kappa shape index (κ3) is 7.35. The van der Waals surface area contributed by atoms with Crippen LogP contribution in [0.3, 0.4) is 0 Å². The smallest absolute Gasteiger partial charge is 0.410 e. The second-order valence-corrected chi connectivity index (χ2v) is 11.1. The highest BCUT2D eigenvalue weighted by molar-refractivity contribution is 6.09. The SMILES string of the molecule is Cc1ncc2c(n1)N(C)CCN(c1cccc(COC(CCN(C)C(=O)OC(C)(C)C)c3ccccc3)c1)C2=O. The molecule has 1 unspecified atom stereocenters. The lowest BCUT2D eigenvalue weighted by atomic mass is 10.1. The summed E-state index contributed by atoms with van der Waals surface area (Å²) < 4.78 is 11.9. The van der Waals surface area contributed by atoms with Gasteiger partial charge in [0.05, 0.1) is 12.7 Å². The van der Waals surface area contributed by atoms with Gasteiger partial charge in [0.2, 0.25) is 0 Å². The van der Waals surface area contributed by atoms with Crippen molar-refractivity contribution in [2.24, 2.45) is 0 Å². The standard InChI is InChI=1S/C31H39N5O4/c1-22-32-20-26-28(33-22)34(5)17-18-36(29(26)37)25-14-10-11-23(19-25)21-39-27(24-12-8-7-9-13-24)15-16-35(6)30(38)40-31(2,3)4/h7-14,19-20,27H,15-18,21H2,1-6H3. The van der Waals surface area contributed by atoms with Crippen LogP contribution in [-0.2, 0) is 16.1 Å². The Balaban J connectivity index is 1.47. The second kappa shape index (κ2) is 12.5. The number of nitrogens with zero attached hydrogens (tertiary/aromatic N) is 5. The third-order valence-electron chi connectivity index (χ3n) is 6.66. The van der Waals surface area contributed by atoms with Crippen molar-refractivity contribution in [2.45, 2.75) is 52.4 Å². The molecule has 0 spiro atoms. The van der Waals surface area contributed by atoms with Gasteiger partial charge < -0.3 is 24.2 Å². The van der Waals surface area contributed by atoms with Crippen molar-refractivity contribution in [2.75, 3.05) is 43.5 Å². The van der Waals surface area contributed by atoms with Gasteiger partial charge in [-0.05, 0) is 57.4 Å². The topological polar surface area (TPSA) is 88.1 Å². The summed E-state index contributed by atoms with van der Waals surface area (Å²) in [6.45, 7) is 9.39. The zero-order valence-corrected chi connectivity index (χ0v) is 24.3. The molecule has 1 aliphatic heterocycles. The maximum atomic E-state index is 13.5. The average molecular weight is 546 g/mol. The summed E-state index contributed by atoms with van der Waals surface area (Å²) in [6.07, 6.45) is 1.63. The molecule has 0 bridgehead atoms. The molecule has 0 radical (unpaired) electrons. The van der Waals surface area contributed by atoms with E-state index in [1.807, 2.05) is 94.2 Å². The molecule has 0 N–H and O–H groups in total. The average Bonchev–Trinajstić information content (AvgIpc) is 3.04. The van der Waals surface area contributed by atoms with Crippen molar-refractivity contribution in [3.63, 3.8) is 0 Å². The molecule has 2 heterocycles. The van der Waals surface area contributed by atoms with E-state index in [1.54, 1.807) is 23.0 Å². The van der Waals surface area contributed by atoms with Crippen LogP contribution in [0, 0.1) is 6.92 Å². The molecule has 2 aromatic carbocycles. The molecule has 0 fully saturated rings. The van der Waals surface area contributed by atoms with Gasteiger partial charge in [-0.3, -0.25) is 4.79 Å². The van der Waals surface area contributed by atoms with E-state index >= 15 is 0 Å². The van der Waals surface area contributed by atoms with Crippen molar-refractivity contribution in [3.8, 4) is 0 Å². The van der Waals surface area contributed by atoms with Crippen LogP contribution in [0.4, 0.5) is 16.3 Å². The lowest BCUT2D eigenvalue weighted by Crippen LogP contribution is -2.35. The molecule has 9 nitrogen and oxygen atoms in total. The van der Waals surface area contributed by atoms with Gasteiger partial charge in [0, 0.05) is 45.6 Å². The monoisotopic (exact) mass is 545 g/mol. The molecule has 212 valence electrons.